The van der Waals surface area contributed by atoms with E-state index >= 15 is 0 Å². The van der Waals surface area contributed by atoms with Gasteiger partial charge < -0.3 is 24.4 Å². The lowest BCUT2D eigenvalue weighted by Crippen LogP contribution is -2.46. The highest BCUT2D eigenvalue weighted by Crippen LogP contribution is 2.25. The molecule has 0 aliphatic carbocycles. The maximum absolute atomic E-state index is 12.3. The molecular weight excluding hydrogens is 350 g/mol. The molecule has 0 unspecified atom stereocenters. The third-order valence-corrected chi connectivity index (χ3v) is 4.08. The molecule has 1 N–H and O–H groups in total. The first-order valence-corrected chi connectivity index (χ1v) is 8.52. The van der Waals surface area contributed by atoms with Crippen molar-refractivity contribution in [1.82, 2.24) is 5.32 Å². The van der Waals surface area contributed by atoms with Gasteiger partial charge >= 0.3 is 5.63 Å². The zero-order valence-electron chi connectivity index (χ0n) is 15.6. The second-order valence-electron chi connectivity index (χ2n) is 6.51. The quantitative estimate of drug-likeness (QED) is 0.552. The molecule has 1 amide bonds. The standard InChI is InChI=1S/C20H23NO6/c1-11(2)10-26-14-5-6-15-12(3)16(20(25)27-17(15)9-14)7-8-18(22)21-13(4)19(23)24/h5-6,9,13H,1,7-8,10H2,2-4H3,(H,21,22)(H,23,24)/p-1/t13-/m0/s1. The smallest absolute Gasteiger partial charge is 0.339 e. The second-order valence-corrected chi connectivity index (χ2v) is 6.51. The van der Waals surface area contributed by atoms with Gasteiger partial charge in [-0.15, -0.1) is 0 Å². The fourth-order valence-corrected chi connectivity index (χ4v) is 2.57. The predicted octanol–water partition coefficient (Wildman–Crippen LogP) is 1.24. The van der Waals surface area contributed by atoms with Gasteiger partial charge in [0.25, 0.3) is 0 Å². The summed E-state index contributed by atoms with van der Waals surface area (Å²) in [6.45, 7) is 9.08. The molecule has 1 aromatic carbocycles. The number of hydrogen-bond acceptors (Lipinski definition) is 6. The molecule has 0 saturated carbocycles. The molecule has 2 aromatic rings. The summed E-state index contributed by atoms with van der Waals surface area (Å²) in [5, 5.41) is 13.7. The van der Waals surface area contributed by atoms with E-state index in [9.17, 15) is 19.5 Å². The lowest BCUT2D eigenvalue weighted by atomic mass is 10.0. The number of rotatable bonds is 8. The van der Waals surface area contributed by atoms with Crippen LogP contribution in [0, 0.1) is 6.92 Å². The number of ether oxygens (including phenoxy) is 1. The van der Waals surface area contributed by atoms with Gasteiger partial charge in [0.1, 0.15) is 17.9 Å². The van der Waals surface area contributed by atoms with Crippen LogP contribution in [0.25, 0.3) is 11.0 Å². The Morgan fingerprint density at radius 2 is 2.07 bits per heavy atom. The lowest BCUT2D eigenvalue weighted by Gasteiger charge is -2.14. The number of amides is 1. The molecule has 1 aromatic heterocycles. The average Bonchev–Trinajstić information content (AvgIpc) is 2.59. The van der Waals surface area contributed by atoms with E-state index in [4.69, 9.17) is 9.15 Å². The Morgan fingerprint density at radius 1 is 1.37 bits per heavy atom. The summed E-state index contributed by atoms with van der Waals surface area (Å²) in [7, 11) is 0. The monoisotopic (exact) mass is 372 g/mol. The van der Waals surface area contributed by atoms with Gasteiger partial charge in [-0.1, -0.05) is 6.58 Å². The average molecular weight is 372 g/mol. The molecule has 0 aliphatic rings. The van der Waals surface area contributed by atoms with Crippen molar-refractivity contribution in [3.8, 4) is 5.75 Å². The van der Waals surface area contributed by atoms with Gasteiger partial charge in [-0.05, 0) is 50.5 Å². The molecule has 27 heavy (non-hydrogen) atoms. The van der Waals surface area contributed by atoms with Crippen molar-refractivity contribution in [2.75, 3.05) is 6.61 Å². The fraction of sp³-hybridized carbons (Fsp3) is 0.350. The van der Waals surface area contributed by atoms with Crippen LogP contribution in [-0.4, -0.2) is 24.5 Å². The van der Waals surface area contributed by atoms with Crippen LogP contribution < -0.4 is 20.8 Å². The highest BCUT2D eigenvalue weighted by molar-refractivity contribution is 5.84. The van der Waals surface area contributed by atoms with Gasteiger partial charge in [0.2, 0.25) is 5.91 Å². The number of carboxylic acid groups (broad SMARTS) is 1. The Kier molecular flexibility index (Phi) is 6.39. The molecule has 7 heteroatoms. The van der Waals surface area contributed by atoms with Crippen LogP contribution in [0.2, 0.25) is 0 Å². The lowest BCUT2D eigenvalue weighted by molar-refractivity contribution is -0.307. The molecule has 1 atom stereocenters. The minimum atomic E-state index is -1.37. The summed E-state index contributed by atoms with van der Waals surface area (Å²) in [6.07, 6.45) is 0.109. The minimum absolute atomic E-state index is 0.0332. The third-order valence-electron chi connectivity index (χ3n) is 4.08. The summed E-state index contributed by atoms with van der Waals surface area (Å²) < 4.78 is 10.9. The van der Waals surface area contributed by atoms with Crippen LogP contribution in [-0.2, 0) is 16.0 Å². The number of benzene rings is 1. The number of carboxylic acids is 1. The molecule has 144 valence electrons. The minimum Gasteiger partial charge on any atom is -0.548 e. The Morgan fingerprint density at radius 3 is 2.70 bits per heavy atom. The van der Waals surface area contributed by atoms with E-state index in [0.717, 1.165) is 11.0 Å². The van der Waals surface area contributed by atoms with Crippen LogP contribution in [0.15, 0.2) is 39.6 Å². The van der Waals surface area contributed by atoms with Crippen molar-refractivity contribution in [1.29, 1.82) is 0 Å². The van der Waals surface area contributed by atoms with Crippen molar-refractivity contribution in [3.05, 3.63) is 51.9 Å². The van der Waals surface area contributed by atoms with E-state index < -0.39 is 23.5 Å². The zero-order valence-corrected chi connectivity index (χ0v) is 15.6. The molecule has 2 rings (SSSR count). The Hall–Kier alpha value is -3.09. The zero-order chi connectivity index (χ0) is 20.1. The van der Waals surface area contributed by atoms with Gasteiger partial charge in [0.15, 0.2) is 0 Å². The highest BCUT2D eigenvalue weighted by atomic mass is 16.5. The maximum Gasteiger partial charge on any atom is 0.339 e. The third kappa shape index (κ3) is 5.20. The summed E-state index contributed by atoms with van der Waals surface area (Å²) in [5.41, 5.74) is 1.84. The van der Waals surface area contributed by atoms with Crippen LogP contribution in [0.5, 0.6) is 5.75 Å². The summed E-state index contributed by atoms with van der Waals surface area (Å²) in [5.74, 6) is -1.28. The van der Waals surface area contributed by atoms with Crippen LogP contribution in [0.3, 0.4) is 0 Å². The van der Waals surface area contributed by atoms with Gasteiger partial charge in [-0.3, -0.25) is 4.79 Å². The molecule has 1 heterocycles. The number of hydrogen-bond donors (Lipinski definition) is 1. The number of fused-ring (bicyclic) bond motifs is 1. The first-order chi connectivity index (χ1) is 12.7. The van der Waals surface area contributed by atoms with Crippen molar-refractivity contribution < 1.29 is 23.8 Å². The van der Waals surface area contributed by atoms with E-state index in [2.05, 4.69) is 11.9 Å². The first-order valence-electron chi connectivity index (χ1n) is 8.52. The van der Waals surface area contributed by atoms with Gasteiger partial charge in [0.05, 0.1) is 12.0 Å². The largest absolute Gasteiger partial charge is 0.548 e. The van der Waals surface area contributed by atoms with Crippen LogP contribution >= 0.6 is 0 Å². The van der Waals surface area contributed by atoms with Gasteiger partial charge in [-0.2, -0.15) is 0 Å². The fourth-order valence-electron chi connectivity index (χ4n) is 2.57. The SMILES string of the molecule is C=C(C)COc1ccc2c(C)c(CCC(=O)N[C@@H](C)C(=O)[O-])c(=O)oc2c1. The Labute approximate surface area is 156 Å². The van der Waals surface area contributed by atoms with E-state index in [-0.39, 0.29) is 12.8 Å². The summed E-state index contributed by atoms with van der Waals surface area (Å²) in [4.78, 5) is 34.8. The predicted molar refractivity (Wildman–Crippen MR) is 98.5 cm³/mol. The van der Waals surface area contributed by atoms with Crippen LogP contribution in [0.4, 0.5) is 0 Å². The topological polar surface area (TPSA) is 109 Å². The normalized spacial score (nSPS) is 11.8. The Bertz CT molecular complexity index is 943. The van der Waals surface area contributed by atoms with E-state index in [0.29, 0.717) is 29.1 Å². The molecule has 0 bridgehead atoms. The molecule has 0 spiro atoms. The molecule has 7 nitrogen and oxygen atoms in total. The van der Waals surface area contributed by atoms with E-state index in [1.807, 2.05) is 6.92 Å². The highest BCUT2D eigenvalue weighted by Gasteiger charge is 2.15. The maximum atomic E-state index is 12.3. The van der Waals surface area contributed by atoms with Crippen LogP contribution in [0.1, 0.15) is 31.4 Å². The van der Waals surface area contributed by atoms with Gasteiger partial charge in [-0.25, -0.2) is 4.79 Å². The first kappa shape index (κ1) is 20.2. The van der Waals surface area contributed by atoms with Crippen molar-refractivity contribution in [2.45, 2.75) is 39.7 Å². The number of carbonyl (C=O) groups excluding carboxylic acids is 2. The summed E-state index contributed by atoms with van der Waals surface area (Å²) >= 11 is 0. The van der Waals surface area contributed by atoms with Gasteiger partial charge in [0, 0.05) is 23.4 Å². The van der Waals surface area contributed by atoms with E-state index in [1.165, 1.54) is 6.92 Å². The van der Waals surface area contributed by atoms with Crippen molar-refractivity contribution in [2.24, 2.45) is 0 Å². The van der Waals surface area contributed by atoms with Crippen molar-refractivity contribution in [3.63, 3.8) is 0 Å². The van der Waals surface area contributed by atoms with E-state index in [1.54, 1.807) is 25.1 Å². The second kappa shape index (κ2) is 8.53. The summed E-state index contributed by atoms with van der Waals surface area (Å²) in [6, 6.07) is 4.12. The molecule has 0 radical (unpaired) electrons. The number of nitrogens with one attached hydrogen (secondary N) is 1. The molecule has 0 aliphatic heterocycles. The van der Waals surface area contributed by atoms with Crippen molar-refractivity contribution >= 4 is 22.8 Å². The number of carbonyl (C=O) groups is 2. The number of aliphatic carboxylic acids is 1. The molecule has 0 saturated heterocycles. The number of aryl methyl sites for hydroxylation is 1. The molecule has 0 fully saturated rings. The Balaban J connectivity index is 2.19. The molecular formula is C20H22NO6-.